The average Bonchev–Trinajstić information content (AvgIpc) is 2.56. The van der Waals surface area contributed by atoms with Crippen molar-refractivity contribution < 1.29 is 4.43 Å². The molecule has 22 heavy (non-hydrogen) atoms. The van der Waals surface area contributed by atoms with Gasteiger partial charge in [0.05, 0.1) is 6.61 Å². The summed E-state index contributed by atoms with van der Waals surface area (Å²) in [5.41, 5.74) is 1.39. The number of hydrogen-bond donors (Lipinski definition) is 0. The van der Waals surface area contributed by atoms with Crippen molar-refractivity contribution in [3.63, 3.8) is 0 Å². The first kappa shape index (κ1) is 16.5. The van der Waals surface area contributed by atoms with E-state index in [4.69, 9.17) is 4.43 Å². The Balaban J connectivity index is 1.69. The van der Waals surface area contributed by atoms with Crippen LogP contribution in [-0.2, 0) is 10.8 Å². The monoisotopic (exact) mass is 308 g/mol. The fraction of sp³-hybridized carbons (Fsp3) is 0.300. The highest BCUT2D eigenvalue weighted by Gasteiger charge is 2.24. The molecular formula is C20H24OSi. The highest BCUT2D eigenvalue weighted by Crippen LogP contribution is 2.05. The van der Waals surface area contributed by atoms with E-state index in [1.165, 1.54) is 10.8 Å². The number of hydrogen-bond acceptors (Lipinski definition) is 1. The molecule has 0 saturated heterocycles. The molecule has 2 aromatic rings. The second kappa shape index (κ2) is 8.58. The van der Waals surface area contributed by atoms with Gasteiger partial charge in [-0.3, -0.25) is 0 Å². The van der Waals surface area contributed by atoms with Gasteiger partial charge in [-0.2, -0.15) is 0 Å². The van der Waals surface area contributed by atoms with Crippen LogP contribution in [0.4, 0.5) is 0 Å². The Labute approximate surface area is 135 Å². The van der Waals surface area contributed by atoms with Crippen LogP contribution in [0.5, 0.6) is 0 Å². The fourth-order valence-electron chi connectivity index (χ4n) is 2.30. The second-order valence-corrected chi connectivity index (χ2v) is 9.74. The van der Waals surface area contributed by atoms with Crippen LogP contribution in [0.25, 0.3) is 0 Å². The Morgan fingerprint density at radius 2 is 1.50 bits per heavy atom. The molecule has 0 fully saturated rings. The summed E-state index contributed by atoms with van der Waals surface area (Å²) in [5, 5.41) is 1.32. The summed E-state index contributed by atoms with van der Waals surface area (Å²) in [4.78, 5) is 0. The van der Waals surface area contributed by atoms with Gasteiger partial charge in [-0.05, 0) is 36.7 Å². The first-order valence-electron chi connectivity index (χ1n) is 7.87. The Kier molecular flexibility index (Phi) is 6.45. The summed E-state index contributed by atoms with van der Waals surface area (Å²) in [6.07, 6.45) is 3.14. The van der Waals surface area contributed by atoms with Crippen LogP contribution in [-0.4, -0.2) is 14.9 Å². The predicted octanol–water partition coefficient (Wildman–Crippen LogP) is 4.14. The van der Waals surface area contributed by atoms with Crippen LogP contribution >= 0.6 is 0 Å². The molecule has 0 amide bonds. The van der Waals surface area contributed by atoms with Gasteiger partial charge in [-0.25, -0.2) is 0 Å². The molecule has 0 aliphatic carbocycles. The lowest BCUT2D eigenvalue weighted by Gasteiger charge is -2.21. The van der Waals surface area contributed by atoms with Crippen LogP contribution in [0.2, 0.25) is 13.1 Å². The highest BCUT2D eigenvalue weighted by molar-refractivity contribution is 6.84. The molecule has 2 rings (SSSR count). The third-order valence-corrected chi connectivity index (χ3v) is 6.30. The van der Waals surface area contributed by atoms with Crippen LogP contribution in [0.1, 0.15) is 18.4 Å². The van der Waals surface area contributed by atoms with E-state index in [0.717, 1.165) is 19.3 Å². The lowest BCUT2D eigenvalue weighted by atomic mass is 10.1. The molecule has 114 valence electrons. The maximum Gasteiger partial charge on any atom is 0.219 e. The van der Waals surface area contributed by atoms with Crippen LogP contribution < -0.4 is 5.19 Å². The Morgan fingerprint density at radius 3 is 2.18 bits per heavy atom. The zero-order valence-electron chi connectivity index (χ0n) is 13.5. The first-order chi connectivity index (χ1) is 10.7. The number of aryl methyl sites for hydroxylation is 1. The van der Waals surface area contributed by atoms with Gasteiger partial charge in [0.25, 0.3) is 0 Å². The third-order valence-electron chi connectivity index (χ3n) is 3.71. The second-order valence-electron chi connectivity index (χ2n) is 5.86. The van der Waals surface area contributed by atoms with Gasteiger partial charge in [0.2, 0.25) is 8.32 Å². The molecule has 2 heteroatoms. The smallest absolute Gasteiger partial charge is 0.219 e. The van der Waals surface area contributed by atoms with Gasteiger partial charge in [0.1, 0.15) is 0 Å². The topological polar surface area (TPSA) is 9.23 Å². The third kappa shape index (κ3) is 5.52. The van der Waals surface area contributed by atoms with E-state index in [9.17, 15) is 0 Å². The summed E-state index contributed by atoms with van der Waals surface area (Å²) >= 11 is 0. The van der Waals surface area contributed by atoms with Crippen molar-refractivity contribution in [2.24, 2.45) is 0 Å². The molecule has 0 N–H and O–H groups in total. The number of unbranched alkanes of at least 4 members (excludes halogenated alkanes) is 1. The standard InChI is InChI=1S/C20H24OSi/c1-22(2,20-16-10-6-11-17-20)21-18-12-4-3-7-13-19-14-8-5-9-15-19/h5-6,8-11,14-17H,3,7,13,18H2,1-2H3. The Hall–Kier alpha value is -1.82. The molecule has 1 nitrogen and oxygen atoms in total. The minimum Gasteiger partial charge on any atom is -0.402 e. The van der Waals surface area contributed by atoms with Crippen molar-refractivity contribution in [3.05, 3.63) is 66.2 Å². The summed E-state index contributed by atoms with van der Waals surface area (Å²) in [7, 11) is -1.80. The molecular weight excluding hydrogens is 284 g/mol. The van der Waals surface area contributed by atoms with Gasteiger partial charge in [-0.15, -0.1) is 5.92 Å². The average molecular weight is 308 g/mol. The van der Waals surface area contributed by atoms with E-state index in [1.54, 1.807) is 0 Å². The van der Waals surface area contributed by atoms with Crippen LogP contribution in [0.3, 0.4) is 0 Å². The molecule has 0 saturated carbocycles. The largest absolute Gasteiger partial charge is 0.402 e. The molecule has 0 heterocycles. The van der Waals surface area contributed by atoms with Gasteiger partial charge in [0.15, 0.2) is 0 Å². The fourth-order valence-corrected chi connectivity index (χ4v) is 3.90. The van der Waals surface area contributed by atoms with Gasteiger partial charge >= 0.3 is 0 Å². The van der Waals surface area contributed by atoms with Gasteiger partial charge in [0, 0.05) is 6.42 Å². The number of benzene rings is 2. The Bertz CT molecular complexity index is 608. The molecule has 0 aliphatic heterocycles. The van der Waals surface area contributed by atoms with E-state index < -0.39 is 8.32 Å². The highest BCUT2D eigenvalue weighted by atomic mass is 28.4. The van der Waals surface area contributed by atoms with Crippen molar-refractivity contribution in [3.8, 4) is 11.8 Å². The summed E-state index contributed by atoms with van der Waals surface area (Å²) in [6.45, 7) is 4.98. The van der Waals surface area contributed by atoms with Crippen LogP contribution in [0.15, 0.2) is 60.7 Å². The van der Waals surface area contributed by atoms with E-state index >= 15 is 0 Å². The lowest BCUT2D eigenvalue weighted by molar-refractivity contribution is 0.370. The van der Waals surface area contributed by atoms with Gasteiger partial charge in [-0.1, -0.05) is 66.6 Å². The van der Waals surface area contributed by atoms with Crippen LogP contribution in [0, 0.1) is 11.8 Å². The maximum absolute atomic E-state index is 6.05. The van der Waals surface area contributed by atoms with E-state index in [2.05, 4.69) is 79.5 Å². The zero-order chi connectivity index (χ0) is 15.7. The molecule has 0 radical (unpaired) electrons. The summed E-state index contributed by atoms with van der Waals surface area (Å²) < 4.78 is 6.05. The summed E-state index contributed by atoms with van der Waals surface area (Å²) in [6, 6.07) is 21.1. The van der Waals surface area contributed by atoms with Crippen molar-refractivity contribution in [1.82, 2.24) is 0 Å². The minimum absolute atomic E-state index is 0.541. The van der Waals surface area contributed by atoms with Crippen molar-refractivity contribution in [1.29, 1.82) is 0 Å². The first-order valence-corrected chi connectivity index (χ1v) is 10.8. The maximum atomic E-state index is 6.05. The van der Waals surface area contributed by atoms with E-state index in [-0.39, 0.29) is 0 Å². The normalized spacial score (nSPS) is 10.8. The van der Waals surface area contributed by atoms with E-state index in [0.29, 0.717) is 6.61 Å². The molecule has 0 aliphatic rings. The van der Waals surface area contributed by atoms with Crippen molar-refractivity contribution in [2.45, 2.75) is 32.4 Å². The number of rotatable bonds is 6. The zero-order valence-corrected chi connectivity index (χ0v) is 14.5. The van der Waals surface area contributed by atoms with Crippen molar-refractivity contribution >= 4 is 13.5 Å². The molecule has 2 aromatic carbocycles. The molecule has 0 bridgehead atoms. The molecule has 0 atom stereocenters. The van der Waals surface area contributed by atoms with Gasteiger partial charge < -0.3 is 4.43 Å². The quantitative estimate of drug-likeness (QED) is 0.443. The SMILES string of the molecule is C[Si](C)(OCC#CCCCc1ccccc1)c1ccccc1. The molecule has 0 aromatic heterocycles. The minimum atomic E-state index is -1.80. The van der Waals surface area contributed by atoms with E-state index in [1.807, 2.05) is 6.07 Å². The molecule has 0 unspecified atom stereocenters. The van der Waals surface area contributed by atoms with Crippen molar-refractivity contribution in [2.75, 3.05) is 6.61 Å². The Morgan fingerprint density at radius 1 is 0.864 bits per heavy atom. The predicted molar refractivity (Wildman–Crippen MR) is 96.7 cm³/mol. The molecule has 0 spiro atoms. The summed E-state index contributed by atoms with van der Waals surface area (Å²) in [5.74, 6) is 6.39. The lowest BCUT2D eigenvalue weighted by Crippen LogP contribution is -2.44.